The van der Waals surface area contributed by atoms with Crippen molar-refractivity contribution < 1.29 is 4.74 Å². The third-order valence-electron chi connectivity index (χ3n) is 3.01. The smallest absolute Gasteiger partial charge is 0.146 e. The summed E-state index contributed by atoms with van der Waals surface area (Å²) in [4.78, 5) is 4.34. The molecule has 1 atom stereocenters. The van der Waals surface area contributed by atoms with Crippen LogP contribution in [-0.2, 0) is 7.05 Å². The topological polar surface area (TPSA) is 39.1 Å². The Morgan fingerprint density at radius 2 is 2.50 bits per heavy atom. The van der Waals surface area contributed by atoms with Gasteiger partial charge >= 0.3 is 0 Å². The molecule has 3 rings (SSSR count). The summed E-state index contributed by atoms with van der Waals surface area (Å²) in [5, 5.41) is 4.39. The third-order valence-corrected chi connectivity index (χ3v) is 3.01. The molecule has 3 heterocycles. The van der Waals surface area contributed by atoms with Gasteiger partial charge in [-0.05, 0) is 25.1 Å². The first-order chi connectivity index (χ1) is 7.84. The zero-order chi connectivity index (χ0) is 11.0. The Morgan fingerprint density at radius 1 is 1.56 bits per heavy atom. The molecule has 0 bridgehead atoms. The highest BCUT2D eigenvalue weighted by molar-refractivity contribution is 5.83. The van der Waals surface area contributed by atoms with Crippen molar-refractivity contribution >= 4 is 11.0 Å². The van der Waals surface area contributed by atoms with Crippen molar-refractivity contribution in [3.8, 4) is 5.75 Å². The Balaban J connectivity index is 1.96. The normalized spacial score (nSPS) is 20.4. The largest absolute Gasteiger partial charge is 0.487 e. The van der Waals surface area contributed by atoms with Crippen molar-refractivity contribution in [1.29, 1.82) is 0 Å². The number of rotatable bonds is 2. The van der Waals surface area contributed by atoms with E-state index in [-0.39, 0.29) is 0 Å². The molecule has 0 amide bonds. The van der Waals surface area contributed by atoms with Crippen molar-refractivity contribution in [2.45, 2.75) is 12.5 Å². The lowest BCUT2D eigenvalue weighted by Crippen LogP contribution is -2.19. The number of aromatic nitrogens is 2. The van der Waals surface area contributed by atoms with Crippen LogP contribution < -0.4 is 10.1 Å². The quantitative estimate of drug-likeness (QED) is 0.824. The highest BCUT2D eigenvalue weighted by atomic mass is 16.5. The summed E-state index contributed by atoms with van der Waals surface area (Å²) in [7, 11) is 2.00. The Labute approximate surface area is 94.2 Å². The minimum atomic E-state index is 0.297. The zero-order valence-electron chi connectivity index (χ0n) is 9.31. The van der Waals surface area contributed by atoms with E-state index in [1.807, 2.05) is 30.1 Å². The second-order valence-corrected chi connectivity index (χ2v) is 4.21. The molecule has 0 aromatic carbocycles. The van der Waals surface area contributed by atoms with Crippen LogP contribution in [-0.4, -0.2) is 28.7 Å². The fraction of sp³-hybridized carbons (Fsp3) is 0.417. The molecule has 0 saturated carbocycles. The number of fused-ring (bicyclic) bond motifs is 1. The minimum Gasteiger partial charge on any atom is -0.487 e. The predicted octanol–water partition coefficient (Wildman–Crippen LogP) is 1.31. The highest BCUT2D eigenvalue weighted by Gasteiger charge is 2.18. The van der Waals surface area contributed by atoms with Gasteiger partial charge in [-0.3, -0.25) is 0 Å². The maximum atomic E-state index is 5.99. The average Bonchev–Trinajstić information content (AvgIpc) is 2.90. The van der Waals surface area contributed by atoms with E-state index in [4.69, 9.17) is 4.74 Å². The number of hydrogen-bond acceptors (Lipinski definition) is 3. The number of nitrogens with zero attached hydrogens (tertiary/aromatic N) is 2. The molecule has 4 heteroatoms. The van der Waals surface area contributed by atoms with Gasteiger partial charge in [0, 0.05) is 26.0 Å². The number of hydrogen-bond donors (Lipinski definition) is 1. The molecule has 4 nitrogen and oxygen atoms in total. The van der Waals surface area contributed by atoms with Crippen LogP contribution in [0.3, 0.4) is 0 Å². The number of pyridine rings is 1. The fourth-order valence-corrected chi connectivity index (χ4v) is 2.18. The van der Waals surface area contributed by atoms with Crippen LogP contribution in [0.2, 0.25) is 0 Å². The first kappa shape index (κ1) is 9.66. The molecule has 2 aromatic rings. The maximum absolute atomic E-state index is 5.99. The van der Waals surface area contributed by atoms with E-state index in [0.717, 1.165) is 36.3 Å². The van der Waals surface area contributed by atoms with E-state index in [9.17, 15) is 0 Å². The summed E-state index contributed by atoms with van der Waals surface area (Å²) < 4.78 is 7.99. The van der Waals surface area contributed by atoms with Crippen LogP contribution in [0.5, 0.6) is 5.75 Å². The summed E-state index contributed by atoms with van der Waals surface area (Å²) in [6.07, 6.45) is 5.20. The van der Waals surface area contributed by atoms with Crippen molar-refractivity contribution in [1.82, 2.24) is 14.9 Å². The average molecular weight is 217 g/mol. The summed E-state index contributed by atoms with van der Waals surface area (Å²) in [6.45, 7) is 1.99. The van der Waals surface area contributed by atoms with Gasteiger partial charge in [-0.1, -0.05) is 0 Å². The van der Waals surface area contributed by atoms with Gasteiger partial charge in [0.25, 0.3) is 0 Å². The van der Waals surface area contributed by atoms with Gasteiger partial charge in [-0.25, -0.2) is 4.98 Å². The lowest BCUT2D eigenvalue weighted by molar-refractivity contribution is 0.225. The molecule has 1 N–H and O–H groups in total. The van der Waals surface area contributed by atoms with E-state index >= 15 is 0 Å². The first-order valence-electron chi connectivity index (χ1n) is 5.62. The molecule has 84 valence electrons. The molecule has 1 aliphatic rings. The van der Waals surface area contributed by atoms with Gasteiger partial charge in [0.1, 0.15) is 17.5 Å². The first-order valence-corrected chi connectivity index (χ1v) is 5.62. The lowest BCUT2D eigenvalue weighted by atomic mass is 10.3. The molecule has 1 fully saturated rings. The van der Waals surface area contributed by atoms with Crippen LogP contribution in [0.15, 0.2) is 24.5 Å². The lowest BCUT2D eigenvalue weighted by Gasteiger charge is -2.10. The van der Waals surface area contributed by atoms with Crippen LogP contribution >= 0.6 is 0 Å². The van der Waals surface area contributed by atoms with E-state index in [2.05, 4.69) is 16.4 Å². The number of aryl methyl sites for hydroxylation is 1. The van der Waals surface area contributed by atoms with Crippen LogP contribution in [0.4, 0.5) is 0 Å². The minimum absolute atomic E-state index is 0.297. The van der Waals surface area contributed by atoms with Gasteiger partial charge in [0.15, 0.2) is 0 Å². The van der Waals surface area contributed by atoms with Crippen LogP contribution in [0, 0.1) is 0 Å². The van der Waals surface area contributed by atoms with Crippen molar-refractivity contribution in [2.24, 2.45) is 7.05 Å². The SMILES string of the molecule is Cn1cc(OC2CCNC2)c2cccnc21. The molecule has 1 saturated heterocycles. The fourth-order valence-electron chi connectivity index (χ4n) is 2.18. The summed E-state index contributed by atoms with van der Waals surface area (Å²) in [5.41, 5.74) is 0.975. The second-order valence-electron chi connectivity index (χ2n) is 4.21. The highest BCUT2D eigenvalue weighted by Crippen LogP contribution is 2.27. The predicted molar refractivity (Wildman–Crippen MR) is 62.6 cm³/mol. The van der Waals surface area contributed by atoms with Gasteiger partial charge in [0.05, 0.1) is 5.39 Å². The van der Waals surface area contributed by atoms with Gasteiger partial charge in [-0.15, -0.1) is 0 Å². The van der Waals surface area contributed by atoms with E-state index in [1.165, 1.54) is 0 Å². The third kappa shape index (κ3) is 1.55. The summed E-state index contributed by atoms with van der Waals surface area (Å²) in [6, 6.07) is 4.00. The molecule has 16 heavy (non-hydrogen) atoms. The van der Waals surface area contributed by atoms with E-state index in [1.54, 1.807) is 0 Å². The van der Waals surface area contributed by atoms with Crippen LogP contribution in [0.1, 0.15) is 6.42 Å². The Hall–Kier alpha value is -1.55. The Bertz CT molecular complexity index is 500. The molecule has 1 aliphatic heterocycles. The zero-order valence-corrected chi connectivity index (χ0v) is 9.31. The van der Waals surface area contributed by atoms with Gasteiger partial charge in [0.2, 0.25) is 0 Å². The van der Waals surface area contributed by atoms with Crippen molar-refractivity contribution in [2.75, 3.05) is 13.1 Å². The Kier molecular flexibility index (Phi) is 2.29. The standard InChI is InChI=1S/C12H15N3O/c1-15-8-11(16-9-4-6-13-7-9)10-3-2-5-14-12(10)15/h2-3,5,8-9,13H,4,6-7H2,1H3. The second kappa shape index (κ2) is 3.79. The molecule has 0 spiro atoms. The molecule has 1 unspecified atom stereocenters. The monoisotopic (exact) mass is 217 g/mol. The van der Waals surface area contributed by atoms with E-state index in [0.29, 0.717) is 6.10 Å². The van der Waals surface area contributed by atoms with Gasteiger partial charge in [-0.2, -0.15) is 0 Å². The van der Waals surface area contributed by atoms with Gasteiger partial charge < -0.3 is 14.6 Å². The number of ether oxygens (including phenoxy) is 1. The van der Waals surface area contributed by atoms with E-state index < -0.39 is 0 Å². The molecule has 2 aromatic heterocycles. The maximum Gasteiger partial charge on any atom is 0.146 e. The molecular weight excluding hydrogens is 202 g/mol. The molecular formula is C12H15N3O. The molecule has 0 radical (unpaired) electrons. The summed E-state index contributed by atoms with van der Waals surface area (Å²) in [5.74, 6) is 0.944. The summed E-state index contributed by atoms with van der Waals surface area (Å²) >= 11 is 0. The van der Waals surface area contributed by atoms with Crippen molar-refractivity contribution in [3.05, 3.63) is 24.5 Å². The Morgan fingerprint density at radius 3 is 3.31 bits per heavy atom. The molecule has 0 aliphatic carbocycles. The number of nitrogens with one attached hydrogen (secondary N) is 1. The van der Waals surface area contributed by atoms with Crippen molar-refractivity contribution in [3.63, 3.8) is 0 Å². The van der Waals surface area contributed by atoms with Crippen LogP contribution in [0.25, 0.3) is 11.0 Å².